The molecule has 2 aromatic rings. The molecule has 0 aliphatic heterocycles. The molecule has 0 aromatic heterocycles. The number of nitrogens with one attached hydrogen (secondary N) is 1. The zero-order valence-electron chi connectivity index (χ0n) is 17.3. The van der Waals surface area contributed by atoms with Gasteiger partial charge in [-0.15, -0.1) is 0 Å². The van der Waals surface area contributed by atoms with Gasteiger partial charge in [0.2, 0.25) is 0 Å². The highest BCUT2D eigenvalue weighted by molar-refractivity contribution is 7.91. The number of ether oxygens (including phenoxy) is 2. The number of sulfone groups is 1. The molecular weight excluding hydrogens is 406 g/mol. The summed E-state index contributed by atoms with van der Waals surface area (Å²) in [5.74, 6) is -1.05. The van der Waals surface area contributed by atoms with Gasteiger partial charge in [-0.1, -0.05) is 48.5 Å². The van der Waals surface area contributed by atoms with Crippen molar-refractivity contribution in [3.63, 3.8) is 0 Å². The van der Waals surface area contributed by atoms with E-state index < -0.39 is 33.5 Å². The summed E-state index contributed by atoms with van der Waals surface area (Å²) >= 11 is 0. The molecule has 0 aliphatic carbocycles. The number of rotatable bonds is 8. The lowest BCUT2D eigenvalue weighted by Crippen LogP contribution is -2.45. The number of hydrogen-bond donors (Lipinski definition) is 1. The Morgan fingerprint density at radius 1 is 0.967 bits per heavy atom. The van der Waals surface area contributed by atoms with E-state index in [1.54, 1.807) is 51.1 Å². The minimum absolute atomic E-state index is 0.0238. The predicted molar refractivity (Wildman–Crippen MR) is 113 cm³/mol. The molecule has 1 N–H and O–H groups in total. The molecule has 0 unspecified atom stereocenters. The third-order valence-electron chi connectivity index (χ3n) is 3.97. The minimum Gasteiger partial charge on any atom is -0.458 e. The summed E-state index contributed by atoms with van der Waals surface area (Å²) in [6.45, 7) is 5.10. The van der Waals surface area contributed by atoms with Crippen molar-refractivity contribution in [1.82, 2.24) is 5.32 Å². The van der Waals surface area contributed by atoms with Crippen LogP contribution in [0.25, 0.3) is 0 Å². The topological polar surface area (TPSA) is 98.8 Å². The fourth-order valence-electron chi connectivity index (χ4n) is 2.55. The zero-order chi connectivity index (χ0) is 22.2. The van der Waals surface area contributed by atoms with Crippen LogP contribution in [0.1, 0.15) is 32.8 Å². The summed E-state index contributed by atoms with van der Waals surface area (Å²) in [6.07, 6.45) is -0.973. The number of hydrogen-bond acceptors (Lipinski definition) is 6. The standard InChI is InChI=1S/C22H27NO6S/c1-22(2,3)29-20(24)19(14-15-30(26,27)18-12-8-5-9-13-18)23-21(25)28-16-17-10-6-4-7-11-17/h4-13,19H,14-16H2,1-3H3,(H,23,25)/t19-/m0/s1. The molecule has 2 aromatic carbocycles. The molecule has 0 aliphatic rings. The van der Waals surface area contributed by atoms with Gasteiger partial charge in [0.05, 0.1) is 10.6 Å². The van der Waals surface area contributed by atoms with Gasteiger partial charge in [0.15, 0.2) is 9.84 Å². The first-order valence-corrected chi connectivity index (χ1v) is 11.2. The second-order valence-electron chi connectivity index (χ2n) is 7.71. The minimum atomic E-state index is -3.62. The number of amides is 1. The Labute approximate surface area is 177 Å². The van der Waals surface area contributed by atoms with Crippen LogP contribution in [0.4, 0.5) is 4.79 Å². The Kier molecular flexibility index (Phi) is 8.00. The summed E-state index contributed by atoms with van der Waals surface area (Å²) in [4.78, 5) is 24.9. The number of carbonyl (C=O) groups is 2. The van der Waals surface area contributed by atoms with E-state index in [0.29, 0.717) is 0 Å². The van der Waals surface area contributed by atoms with Crippen molar-refractivity contribution >= 4 is 21.9 Å². The normalized spacial score (nSPS) is 12.6. The van der Waals surface area contributed by atoms with Gasteiger partial charge in [-0.3, -0.25) is 0 Å². The van der Waals surface area contributed by atoms with Gasteiger partial charge in [-0.05, 0) is 44.9 Å². The van der Waals surface area contributed by atoms with Crippen molar-refractivity contribution in [2.45, 2.75) is 50.3 Å². The highest BCUT2D eigenvalue weighted by atomic mass is 32.2. The molecule has 2 rings (SSSR count). The van der Waals surface area contributed by atoms with Crippen LogP contribution in [0.3, 0.4) is 0 Å². The van der Waals surface area contributed by atoms with E-state index in [1.165, 1.54) is 12.1 Å². The maximum Gasteiger partial charge on any atom is 0.408 e. The van der Waals surface area contributed by atoms with E-state index in [9.17, 15) is 18.0 Å². The Balaban J connectivity index is 2.04. The number of esters is 1. The Hall–Kier alpha value is -2.87. The van der Waals surface area contributed by atoms with Gasteiger partial charge in [-0.2, -0.15) is 0 Å². The monoisotopic (exact) mass is 433 g/mol. The molecule has 0 bridgehead atoms. The number of alkyl carbamates (subject to hydrolysis) is 1. The Morgan fingerprint density at radius 3 is 2.10 bits per heavy atom. The molecule has 8 heteroatoms. The molecule has 162 valence electrons. The van der Waals surface area contributed by atoms with Crippen LogP contribution in [0.2, 0.25) is 0 Å². The van der Waals surface area contributed by atoms with Crippen molar-refractivity contribution in [3.05, 3.63) is 66.2 Å². The van der Waals surface area contributed by atoms with Crippen molar-refractivity contribution in [3.8, 4) is 0 Å². The zero-order valence-corrected chi connectivity index (χ0v) is 18.1. The van der Waals surface area contributed by atoms with Gasteiger partial charge in [0.25, 0.3) is 0 Å². The molecule has 0 spiro atoms. The molecule has 0 saturated carbocycles. The second kappa shape index (κ2) is 10.2. The maximum atomic E-state index is 12.5. The van der Waals surface area contributed by atoms with Gasteiger partial charge in [0.1, 0.15) is 18.2 Å². The van der Waals surface area contributed by atoms with Crippen molar-refractivity contribution < 1.29 is 27.5 Å². The highest BCUT2D eigenvalue weighted by Gasteiger charge is 2.29. The van der Waals surface area contributed by atoms with Gasteiger partial charge >= 0.3 is 12.1 Å². The fourth-order valence-corrected chi connectivity index (χ4v) is 3.90. The molecule has 0 heterocycles. The summed E-state index contributed by atoms with van der Waals surface area (Å²) in [7, 11) is -3.62. The average molecular weight is 434 g/mol. The van der Waals surface area contributed by atoms with Crippen molar-refractivity contribution in [1.29, 1.82) is 0 Å². The van der Waals surface area contributed by atoms with Crippen molar-refractivity contribution in [2.75, 3.05) is 5.75 Å². The SMILES string of the molecule is CC(C)(C)OC(=O)[C@H](CCS(=O)(=O)c1ccccc1)NC(=O)OCc1ccccc1. The van der Waals surface area contributed by atoms with Gasteiger partial charge < -0.3 is 14.8 Å². The van der Waals surface area contributed by atoms with Crippen LogP contribution >= 0.6 is 0 Å². The molecule has 1 atom stereocenters. The lowest BCUT2D eigenvalue weighted by Gasteiger charge is -2.24. The Bertz CT molecular complexity index is 937. The smallest absolute Gasteiger partial charge is 0.408 e. The lowest BCUT2D eigenvalue weighted by molar-refractivity contribution is -0.157. The van der Waals surface area contributed by atoms with Crippen LogP contribution in [-0.2, 0) is 30.7 Å². The van der Waals surface area contributed by atoms with E-state index in [4.69, 9.17) is 9.47 Å². The average Bonchev–Trinajstić information content (AvgIpc) is 2.69. The summed E-state index contributed by atoms with van der Waals surface area (Å²) in [5, 5.41) is 2.43. The van der Waals surface area contributed by atoms with E-state index >= 15 is 0 Å². The third kappa shape index (κ3) is 7.87. The lowest BCUT2D eigenvalue weighted by atomic mass is 10.1. The molecule has 0 fully saturated rings. The highest BCUT2D eigenvalue weighted by Crippen LogP contribution is 2.15. The van der Waals surface area contributed by atoms with Crippen LogP contribution in [0, 0.1) is 0 Å². The largest absolute Gasteiger partial charge is 0.458 e. The van der Waals surface area contributed by atoms with Gasteiger partial charge in [-0.25, -0.2) is 18.0 Å². The summed E-state index contributed by atoms with van der Waals surface area (Å²) < 4.78 is 35.6. The van der Waals surface area contributed by atoms with Crippen LogP contribution in [-0.4, -0.2) is 37.9 Å². The van der Waals surface area contributed by atoms with E-state index in [1.807, 2.05) is 18.2 Å². The molecular formula is C22H27NO6S. The maximum absolute atomic E-state index is 12.5. The summed E-state index contributed by atoms with van der Waals surface area (Å²) in [6, 6.07) is 15.8. The molecule has 0 radical (unpaired) electrons. The predicted octanol–water partition coefficient (Wildman–Crippen LogP) is 3.49. The summed E-state index contributed by atoms with van der Waals surface area (Å²) in [5.41, 5.74) is -0.00313. The van der Waals surface area contributed by atoms with Crippen LogP contribution < -0.4 is 5.32 Å². The quantitative estimate of drug-likeness (QED) is 0.640. The van der Waals surface area contributed by atoms with E-state index in [-0.39, 0.29) is 23.7 Å². The van der Waals surface area contributed by atoms with E-state index in [2.05, 4.69) is 5.32 Å². The van der Waals surface area contributed by atoms with Crippen LogP contribution in [0.5, 0.6) is 0 Å². The van der Waals surface area contributed by atoms with Crippen LogP contribution in [0.15, 0.2) is 65.6 Å². The first-order chi connectivity index (χ1) is 14.1. The number of benzene rings is 2. The molecule has 0 saturated heterocycles. The molecule has 30 heavy (non-hydrogen) atoms. The molecule has 7 nitrogen and oxygen atoms in total. The third-order valence-corrected chi connectivity index (χ3v) is 5.74. The van der Waals surface area contributed by atoms with Crippen molar-refractivity contribution in [2.24, 2.45) is 0 Å². The first-order valence-electron chi connectivity index (χ1n) is 9.55. The number of carbonyl (C=O) groups excluding carboxylic acids is 2. The van der Waals surface area contributed by atoms with Gasteiger partial charge in [0, 0.05) is 0 Å². The fraction of sp³-hybridized carbons (Fsp3) is 0.364. The Morgan fingerprint density at radius 2 is 1.53 bits per heavy atom. The second-order valence-corrected chi connectivity index (χ2v) is 9.82. The molecule has 1 amide bonds. The first kappa shape index (κ1) is 23.4. The van der Waals surface area contributed by atoms with E-state index in [0.717, 1.165) is 5.56 Å².